The van der Waals surface area contributed by atoms with Gasteiger partial charge in [0, 0.05) is 12.1 Å². The molecule has 0 spiro atoms. The molecule has 0 aliphatic heterocycles. The van der Waals surface area contributed by atoms with Crippen LogP contribution in [0.5, 0.6) is 11.5 Å². The van der Waals surface area contributed by atoms with Gasteiger partial charge in [0.25, 0.3) is 0 Å². The quantitative estimate of drug-likeness (QED) is 0.753. The number of nitrogens with two attached hydrogens (primary N) is 2. The first kappa shape index (κ1) is 18.0. The molecule has 24 heavy (non-hydrogen) atoms. The zero-order chi connectivity index (χ0) is 17.7. The van der Waals surface area contributed by atoms with Gasteiger partial charge in [0.1, 0.15) is 11.5 Å². The molecule has 0 radical (unpaired) electrons. The summed E-state index contributed by atoms with van der Waals surface area (Å²) in [5.41, 5.74) is 13.4. The van der Waals surface area contributed by atoms with Crippen molar-refractivity contribution in [2.75, 3.05) is 0 Å². The third-order valence-electron chi connectivity index (χ3n) is 3.37. The van der Waals surface area contributed by atoms with E-state index in [0.717, 1.165) is 0 Å². The number of halogens is 4. The Bertz CT molecular complexity index is 578. The Morgan fingerprint density at radius 1 is 0.583 bits per heavy atom. The highest BCUT2D eigenvalue weighted by molar-refractivity contribution is 5.34. The molecule has 0 aliphatic rings. The smallest absolute Gasteiger partial charge is 0.387 e. The average molecular weight is 344 g/mol. The van der Waals surface area contributed by atoms with E-state index in [1.807, 2.05) is 0 Å². The van der Waals surface area contributed by atoms with Gasteiger partial charge in [0.2, 0.25) is 0 Å². The molecule has 4 nitrogen and oxygen atoms in total. The molecule has 8 heteroatoms. The van der Waals surface area contributed by atoms with Crippen LogP contribution in [-0.2, 0) is 0 Å². The van der Waals surface area contributed by atoms with Crippen molar-refractivity contribution < 1.29 is 27.0 Å². The number of hydrogen-bond donors (Lipinski definition) is 2. The molecule has 0 aliphatic carbocycles. The molecule has 0 heterocycles. The highest BCUT2D eigenvalue weighted by Gasteiger charge is 2.18. The van der Waals surface area contributed by atoms with E-state index in [1.165, 1.54) is 48.5 Å². The van der Waals surface area contributed by atoms with Crippen LogP contribution in [0.4, 0.5) is 17.6 Å². The van der Waals surface area contributed by atoms with Crippen LogP contribution in [0.1, 0.15) is 23.2 Å². The first-order valence-electron chi connectivity index (χ1n) is 6.97. The van der Waals surface area contributed by atoms with E-state index in [-0.39, 0.29) is 11.5 Å². The molecule has 130 valence electrons. The van der Waals surface area contributed by atoms with Crippen molar-refractivity contribution in [3.05, 3.63) is 59.7 Å². The van der Waals surface area contributed by atoms with Crippen LogP contribution in [0, 0.1) is 0 Å². The van der Waals surface area contributed by atoms with Gasteiger partial charge < -0.3 is 20.9 Å². The highest BCUT2D eigenvalue weighted by atomic mass is 19.3. The van der Waals surface area contributed by atoms with E-state index < -0.39 is 25.3 Å². The second kappa shape index (κ2) is 7.98. The van der Waals surface area contributed by atoms with Crippen LogP contribution in [0.15, 0.2) is 48.5 Å². The van der Waals surface area contributed by atoms with Gasteiger partial charge in [-0.3, -0.25) is 0 Å². The molecule has 0 aromatic heterocycles. The molecule has 2 aromatic carbocycles. The summed E-state index contributed by atoms with van der Waals surface area (Å²) < 4.78 is 57.0. The van der Waals surface area contributed by atoms with E-state index in [0.29, 0.717) is 11.1 Å². The number of rotatable bonds is 7. The maximum absolute atomic E-state index is 12.1. The highest BCUT2D eigenvalue weighted by Crippen LogP contribution is 2.28. The summed E-state index contributed by atoms with van der Waals surface area (Å²) in [6.45, 7) is -5.80. The van der Waals surface area contributed by atoms with E-state index >= 15 is 0 Å². The molecule has 4 N–H and O–H groups in total. The summed E-state index contributed by atoms with van der Waals surface area (Å²) in [5.74, 6) is 0.0334. The maximum Gasteiger partial charge on any atom is 0.387 e. The molecule has 2 aromatic rings. The summed E-state index contributed by atoms with van der Waals surface area (Å²) in [6.07, 6.45) is 0. The lowest BCUT2D eigenvalue weighted by atomic mass is 9.95. The minimum Gasteiger partial charge on any atom is -0.435 e. The van der Waals surface area contributed by atoms with Gasteiger partial charge in [-0.15, -0.1) is 0 Å². The van der Waals surface area contributed by atoms with Crippen molar-refractivity contribution in [1.29, 1.82) is 0 Å². The Labute approximate surface area is 136 Å². The van der Waals surface area contributed by atoms with Gasteiger partial charge in [-0.1, -0.05) is 24.3 Å². The summed E-state index contributed by atoms with van der Waals surface area (Å²) in [7, 11) is 0. The average Bonchev–Trinajstić information content (AvgIpc) is 2.54. The second-order valence-electron chi connectivity index (χ2n) is 4.95. The van der Waals surface area contributed by atoms with Crippen LogP contribution < -0.4 is 20.9 Å². The maximum atomic E-state index is 12.1. The second-order valence-corrected chi connectivity index (χ2v) is 4.95. The minimum atomic E-state index is -2.90. The Kier molecular flexibility index (Phi) is 5.99. The van der Waals surface area contributed by atoms with Crippen LogP contribution in [0.25, 0.3) is 0 Å². The van der Waals surface area contributed by atoms with Crippen molar-refractivity contribution in [2.24, 2.45) is 11.5 Å². The van der Waals surface area contributed by atoms with Gasteiger partial charge in [-0.2, -0.15) is 17.6 Å². The van der Waals surface area contributed by atoms with Crippen molar-refractivity contribution in [2.45, 2.75) is 25.3 Å². The van der Waals surface area contributed by atoms with Crippen LogP contribution >= 0.6 is 0 Å². The fourth-order valence-electron chi connectivity index (χ4n) is 2.16. The predicted molar refractivity (Wildman–Crippen MR) is 80.0 cm³/mol. The van der Waals surface area contributed by atoms with Crippen LogP contribution in [-0.4, -0.2) is 13.2 Å². The third-order valence-corrected chi connectivity index (χ3v) is 3.37. The molecule has 2 rings (SSSR count). The fraction of sp³-hybridized carbons (Fsp3) is 0.250. The molecule has 0 amide bonds. The Balaban J connectivity index is 2.06. The molecular formula is C16H16F4N2O2. The Morgan fingerprint density at radius 2 is 0.875 bits per heavy atom. The molecule has 0 saturated heterocycles. The standard InChI is InChI=1S/C16H16F4N2O2/c17-15(18)23-11-5-1-9(2-6-11)13(21)14(22)10-3-7-12(8-4-10)24-16(19)20/h1-8,13-16H,21-22H2. The van der Waals surface area contributed by atoms with E-state index in [1.54, 1.807) is 0 Å². The van der Waals surface area contributed by atoms with Gasteiger partial charge >= 0.3 is 13.2 Å². The van der Waals surface area contributed by atoms with Gasteiger partial charge in [0.15, 0.2) is 0 Å². The predicted octanol–water partition coefficient (Wildman–Crippen LogP) is 3.59. The lowest BCUT2D eigenvalue weighted by Gasteiger charge is -2.21. The molecule has 2 atom stereocenters. The zero-order valence-corrected chi connectivity index (χ0v) is 12.4. The van der Waals surface area contributed by atoms with E-state index in [2.05, 4.69) is 9.47 Å². The normalized spacial score (nSPS) is 13.8. The molecule has 0 bridgehead atoms. The topological polar surface area (TPSA) is 70.5 Å². The van der Waals surface area contributed by atoms with Gasteiger partial charge in [-0.05, 0) is 35.4 Å². The summed E-state index contributed by atoms with van der Waals surface area (Å²) in [4.78, 5) is 0. The van der Waals surface area contributed by atoms with E-state index in [4.69, 9.17) is 11.5 Å². The summed E-state index contributed by atoms with van der Waals surface area (Å²) in [6, 6.07) is 10.4. The zero-order valence-electron chi connectivity index (χ0n) is 12.4. The monoisotopic (exact) mass is 344 g/mol. The molecular weight excluding hydrogens is 328 g/mol. The van der Waals surface area contributed by atoms with Gasteiger partial charge in [0.05, 0.1) is 0 Å². The van der Waals surface area contributed by atoms with Gasteiger partial charge in [-0.25, -0.2) is 0 Å². The fourth-order valence-corrected chi connectivity index (χ4v) is 2.16. The summed E-state index contributed by atoms with van der Waals surface area (Å²) in [5, 5.41) is 0. The minimum absolute atomic E-state index is 0.0167. The largest absolute Gasteiger partial charge is 0.435 e. The number of hydrogen-bond acceptors (Lipinski definition) is 4. The van der Waals surface area contributed by atoms with Crippen molar-refractivity contribution >= 4 is 0 Å². The summed E-state index contributed by atoms with van der Waals surface area (Å²) >= 11 is 0. The Morgan fingerprint density at radius 3 is 1.12 bits per heavy atom. The lowest BCUT2D eigenvalue weighted by molar-refractivity contribution is -0.0505. The number of ether oxygens (including phenoxy) is 2. The lowest BCUT2D eigenvalue weighted by Crippen LogP contribution is -2.26. The van der Waals surface area contributed by atoms with Crippen molar-refractivity contribution in [1.82, 2.24) is 0 Å². The first-order chi connectivity index (χ1) is 11.4. The van der Waals surface area contributed by atoms with Crippen molar-refractivity contribution in [3.8, 4) is 11.5 Å². The molecule has 2 unspecified atom stereocenters. The molecule has 0 fully saturated rings. The number of alkyl halides is 4. The van der Waals surface area contributed by atoms with Crippen LogP contribution in [0.2, 0.25) is 0 Å². The van der Waals surface area contributed by atoms with E-state index in [9.17, 15) is 17.6 Å². The number of benzene rings is 2. The Hall–Kier alpha value is -2.32. The third kappa shape index (κ3) is 4.84. The molecule has 0 saturated carbocycles. The SMILES string of the molecule is NC(c1ccc(OC(F)F)cc1)C(N)c1ccc(OC(F)F)cc1. The van der Waals surface area contributed by atoms with Crippen LogP contribution in [0.3, 0.4) is 0 Å². The van der Waals surface area contributed by atoms with Crippen molar-refractivity contribution in [3.63, 3.8) is 0 Å². The first-order valence-corrected chi connectivity index (χ1v) is 6.97.